The molecule has 4 amide bonds. The van der Waals surface area contributed by atoms with E-state index in [1.54, 1.807) is 29.8 Å². The van der Waals surface area contributed by atoms with Gasteiger partial charge >= 0.3 is 0 Å². The Kier molecular flexibility index (Phi) is 8.41. The molecule has 1 fully saturated rings. The van der Waals surface area contributed by atoms with Crippen LogP contribution in [0.1, 0.15) is 61.4 Å². The molecule has 10 nitrogen and oxygen atoms in total. The summed E-state index contributed by atoms with van der Waals surface area (Å²) in [5.41, 5.74) is 4.25. The summed E-state index contributed by atoms with van der Waals surface area (Å²) in [6, 6.07) is 16.8. The average molecular weight is 623 g/mol. The molecular formula is C36H42N6O4. The fraction of sp³-hybridized carbons (Fsp3) is 0.417. The molecule has 1 spiro atoms. The molecule has 0 saturated carbocycles. The molecule has 2 atom stereocenters. The molecule has 0 unspecified atom stereocenters. The molecule has 240 valence electrons. The molecular weight excluding hydrogens is 580 g/mol. The highest BCUT2D eigenvalue weighted by molar-refractivity contribution is 6.06. The summed E-state index contributed by atoms with van der Waals surface area (Å²) in [4.78, 5) is 61.3. The summed E-state index contributed by atoms with van der Waals surface area (Å²) < 4.78 is 0. The predicted molar refractivity (Wildman–Crippen MR) is 176 cm³/mol. The Hall–Kier alpha value is -4.57. The Morgan fingerprint density at radius 2 is 1.74 bits per heavy atom. The largest absolute Gasteiger partial charge is 0.343 e. The summed E-state index contributed by atoms with van der Waals surface area (Å²) in [5, 5.41) is 9.20. The number of carbonyl (C=O) groups is 4. The molecule has 3 aliphatic rings. The number of piperidine rings is 1. The maximum atomic E-state index is 14.4. The lowest BCUT2D eigenvalue weighted by atomic mass is 9.78. The summed E-state index contributed by atoms with van der Waals surface area (Å²) in [6.45, 7) is 7.23. The van der Waals surface area contributed by atoms with E-state index in [0.717, 1.165) is 27.8 Å². The zero-order valence-electron chi connectivity index (χ0n) is 27.0. The minimum atomic E-state index is -0.768. The topological polar surface area (TPSA) is 124 Å². The monoisotopic (exact) mass is 622 g/mol. The summed E-state index contributed by atoms with van der Waals surface area (Å²) in [6.07, 6.45) is 3.85. The van der Waals surface area contributed by atoms with Gasteiger partial charge in [0.25, 0.3) is 0 Å². The van der Waals surface area contributed by atoms with Gasteiger partial charge in [0.2, 0.25) is 23.6 Å². The number of hydrogen-bond acceptors (Lipinski definition) is 6. The maximum Gasteiger partial charge on any atom is 0.246 e. The van der Waals surface area contributed by atoms with E-state index in [4.69, 9.17) is 0 Å². The van der Waals surface area contributed by atoms with Crippen LogP contribution in [-0.4, -0.2) is 64.6 Å². The van der Waals surface area contributed by atoms with E-state index in [-0.39, 0.29) is 30.2 Å². The van der Waals surface area contributed by atoms with Crippen LogP contribution in [0, 0.1) is 5.41 Å². The fourth-order valence-electron chi connectivity index (χ4n) is 7.25. The number of rotatable bonds is 8. The molecule has 6 rings (SSSR count). The van der Waals surface area contributed by atoms with Crippen molar-refractivity contribution in [2.75, 3.05) is 30.8 Å². The lowest BCUT2D eigenvalue weighted by Crippen LogP contribution is -2.54. The standard InChI is InChI=1S/C36H42N6O4/c1-23(32(44)39-29-12-11-25-19-36(20-28(25)18-29)30-10-7-15-38-31(30)40-33(36)45)42(22-27-9-6-5-8-26(27)21-37-4)34(46)35(3)13-16-41(17-14-35)24(2)43/h5-12,15,18,23,37H,13-14,16-17,19-22H2,1-4H3,(H,39,44)(H,38,40,45)/t23-,36+/m0/s1. The highest BCUT2D eigenvalue weighted by Crippen LogP contribution is 2.47. The van der Waals surface area contributed by atoms with Crippen molar-refractivity contribution in [1.29, 1.82) is 0 Å². The average Bonchev–Trinajstić information content (AvgIpc) is 3.56. The number of carbonyl (C=O) groups excluding carboxylic acids is 4. The van der Waals surface area contributed by atoms with E-state index in [0.29, 0.717) is 56.8 Å². The van der Waals surface area contributed by atoms with Crippen LogP contribution in [0.15, 0.2) is 60.8 Å². The van der Waals surface area contributed by atoms with Crippen molar-refractivity contribution < 1.29 is 19.2 Å². The van der Waals surface area contributed by atoms with Gasteiger partial charge in [-0.05, 0) is 80.1 Å². The van der Waals surface area contributed by atoms with Gasteiger partial charge in [-0.2, -0.15) is 0 Å². The van der Waals surface area contributed by atoms with Crippen LogP contribution in [0.25, 0.3) is 0 Å². The van der Waals surface area contributed by atoms with Crippen LogP contribution in [0.5, 0.6) is 0 Å². The Labute approximate surface area is 269 Å². The van der Waals surface area contributed by atoms with Crippen molar-refractivity contribution in [3.05, 3.63) is 88.6 Å². The van der Waals surface area contributed by atoms with E-state index in [9.17, 15) is 19.2 Å². The zero-order chi connectivity index (χ0) is 32.6. The molecule has 2 aromatic carbocycles. The number of amides is 4. The van der Waals surface area contributed by atoms with Crippen molar-refractivity contribution in [3.63, 3.8) is 0 Å². The van der Waals surface area contributed by atoms with Gasteiger partial charge < -0.3 is 25.8 Å². The molecule has 1 aromatic heterocycles. The Morgan fingerprint density at radius 3 is 2.46 bits per heavy atom. The highest BCUT2D eigenvalue weighted by atomic mass is 16.2. The third kappa shape index (κ3) is 5.66. The van der Waals surface area contributed by atoms with Crippen molar-refractivity contribution in [2.45, 2.75) is 71.0 Å². The highest BCUT2D eigenvalue weighted by Gasteiger charge is 2.51. The first-order valence-corrected chi connectivity index (χ1v) is 16.0. The first kappa shape index (κ1) is 31.4. The molecule has 10 heteroatoms. The van der Waals surface area contributed by atoms with Crippen LogP contribution in [-0.2, 0) is 50.5 Å². The lowest BCUT2D eigenvalue weighted by molar-refractivity contribution is -0.151. The second kappa shape index (κ2) is 12.3. The number of anilines is 2. The quantitative estimate of drug-likeness (QED) is 0.351. The van der Waals surface area contributed by atoms with Gasteiger partial charge in [0.15, 0.2) is 0 Å². The number of benzene rings is 2. The predicted octanol–water partition coefficient (Wildman–Crippen LogP) is 3.79. The van der Waals surface area contributed by atoms with Gasteiger partial charge in [0.05, 0.1) is 5.41 Å². The van der Waals surface area contributed by atoms with Crippen LogP contribution in [0.2, 0.25) is 0 Å². The van der Waals surface area contributed by atoms with E-state index in [1.165, 1.54) is 0 Å². The van der Waals surface area contributed by atoms with Gasteiger partial charge in [-0.1, -0.05) is 43.3 Å². The molecule has 0 radical (unpaired) electrons. The first-order valence-electron chi connectivity index (χ1n) is 16.0. The molecule has 3 N–H and O–H groups in total. The van der Waals surface area contributed by atoms with E-state index in [1.807, 2.05) is 68.6 Å². The minimum absolute atomic E-state index is 0.00907. The Balaban J connectivity index is 1.23. The lowest BCUT2D eigenvalue weighted by Gasteiger charge is -2.42. The number of pyridine rings is 1. The molecule has 3 aromatic rings. The number of aromatic nitrogens is 1. The Morgan fingerprint density at radius 1 is 1.02 bits per heavy atom. The first-order chi connectivity index (χ1) is 22.0. The molecule has 0 bridgehead atoms. The third-order valence-corrected chi connectivity index (χ3v) is 10.2. The van der Waals surface area contributed by atoms with Gasteiger partial charge in [0, 0.05) is 56.0 Å². The van der Waals surface area contributed by atoms with Gasteiger partial charge in [-0.15, -0.1) is 0 Å². The zero-order valence-corrected chi connectivity index (χ0v) is 27.0. The molecule has 1 aliphatic carbocycles. The second-order valence-electron chi connectivity index (χ2n) is 13.2. The van der Waals surface area contributed by atoms with Crippen molar-refractivity contribution in [1.82, 2.24) is 20.1 Å². The van der Waals surface area contributed by atoms with Crippen LogP contribution in [0.3, 0.4) is 0 Å². The summed E-state index contributed by atoms with van der Waals surface area (Å²) in [5.74, 6) is 0.198. The molecule has 3 heterocycles. The number of nitrogens with zero attached hydrogens (tertiary/aromatic N) is 3. The van der Waals surface area contributed by atoms with Crippen molar-refractivity contribution in [2.24, 2.45) is 5.41 Å². The second-order valence-corrected chi connectivity index (χ2v) is 13.2. The molecule has 1 saturated heterocycles. The number of hydrogen-bond donors (Lipinski definition) is 3. The van der Waals surface area contributed by atoms with Crippen LogP contribution < -0.4 is 16.0 Å². The maximum absolute atomic E-state index is 14.4. The molecule has 2 aliphatic heterocycles. The SMILES string of the molecule is CNCc1ccccc1CN(C(=O)C1(C)CCN(C(C)=O)CC1)[C@@H](C)C(=O)Nc1ccc2c(c1)C[C@@]1(C2)C(=O)Nc2ncccc21. The van der Waals surface area contributed by atoms with E-state index < -0.39 is 16.9 Å². The third-order valence-electron chi connectivity index (χ3n) is 10.2. The van der Waals surface area contributed by atoms with Gasteiger partial charge in [-0.3, -0.25) is 19.2 Å². The summed E-state index contributed by atoms with van der Waals surface area (Å²) >= 11 is 0. The summed E-state index contributed by atoms with van der Waals surface area (Å²) in [7, 11) is 1.88. The smallest absolute Gasteiger partial charge is 0.246 e. The van der Waals surface area contributed by atoms with Crippen molar-refractivity contribution in [3.8, 4) is 0 Å². The van der Waals surface area contributed by atoms with Gasteiger partial charge in [0.1, 0.15) is 11.9 Å². The number of nitrogens with one attached hydrogen (secondary N) is 3. The number of fused-ring (bicyclic) bond motifs is 3. The van der Waals surface area contributed by atoms with Crippen molar-refractivity contribution >= 4 is 35.1 Å². The fourth-order valence-corrected chi connectivity index (χ4v) is 7.25. The Bertz CT molecular complexity index is 1700. The van der Waals surface area contributed by atoms with Crippen LogP contribution >= 0.6 is 0 Å². The van der Waals surface area contributed by atoms with Crippen LogP contribution in [0.4, 0.5) is 11.5 Å². The minimum Gasteiger partial charge on any atom is -0.343 e. The van der Waals surface area contributed by atoms with Gasteiger partial charge in [-0.25, -0.2) is 4.98 Å². The normalized spacial score (nSPS) is 20.1. The van der Waals surface area contributed by atoms with E-state index in [2.05, 4.69) is 20.9 Å². The number of likely N-dealkylation sites (tertiary alicyclic amines) is 1. The van der Waals surface area contributed by atoms with E-state index >= 15 is 0 Å². The molecule has 46 heavy (non-hydrogen) atoms.